The van der Waals surface area contributed by atoms with Crippen LogP contribution in [0.2, 0.25) is 0 Å². The van der Waals surface area contributed by atoms with Crippen molar-refractivity contribution in [1.82, 2.24) is 0 Å². The van der Waals surface area contributed by atoms with Crippen molar-refractivity contribution in [3.63, 3.8) is 0 Å². The number of alkyl halides is 3. The summed E-state index contributed by atoms with van der Waals surface area (Å²) in [6.45, 7) is 6.02. The first-order valence-corrected chi connectivity index (χ1v) is 8.32. The van der Waals surface area contributed by atoms with Gasteiger partial charge < -0.3 is 4.74 Å². The molecule has 0 atom stereocenters. The molecule has 2 rings (SSSR count). The van der Waals surface area contributed by atoms with Crippen molar-refractivity contribution in [3.05, 3.63) is 20.9 Å². The number of rotatable bonds is 4. The molecule has 0 amide bonds. The van der Waals surface area contributed by atoms with E-state index in [0.29, 0.717) is 36.3 Å². The molecule has 0 unspecified atom stereocenters. The van der Waals surface area contributed by atoms with Gasteiger partial charge in [-0.15, -0.1) is 11.3 Å². The van der Waals surface area contributed by atoms with Gasteiger partial charge in [-0.25, -0.2) is 0 Å². The normalized spacial score (nSPS) is 17.2. The number of hydrogen-bond acceptors (Lipinski definition) is 3. The summed E-state index contributed by atoms with van der Waals surface area (Å²) in [6, 6.07) is 0. The molecule has 0 N–H and O–H groups in total. The van der Waals surface area contributed by atoms with Crippen LogP contribution in [-0.4, -0.2) is 12.6 Å². The molecule has 6 heteroatoms. The fourth-order valence-corrected chi connectivity index (χ4v) is 4.17. The highest BCUT2D eigenvalue weighted by Crippen LogP contribution is 2.47. The van der Waals surface area contributed by atoms with E-state index in [0.717, 1.165) is 23.3 Å². The number of esters is 1. The molecule has 0 radical (unpaired) electrons. The monoisotopic (exact) mass is 334 g/mol. The zero-order chi connectivity index (χ0) is 16.5. The number of aryl methyl sites for hydroxylation is 1. The van der Waals surface area contributed by atoms with Gasteiger partial charge in [-0.2, -0.15) is 13.2 Å². The van der Waals surface area contributed by atoms with Crippen LogP contribution in [0.1, 0.15) is 54.5 Å². The zero-order valence-electron chi connectivity index (χ0n) is 13.1. The van der Waals surface area contributed by atoms with Crippen LogP contribution < -0.4 is 0 Å². The second-order valence-corrected chi connectivity index (χ2v) is 7.56. The molecule has 1 aromatic heterocycles. The molecule has 2 nitrogen and oxygen atoms in total. The average molecular weight is 334 g/mol. The highest BCUT2D eigenvalue weighted by Gasteiger charge is 2.41. The van der Waals surface area contributed by atoms with E-state index < -0.39 is 11.1 Å². The van der Waals surface area contributed by atoms with Crippen molar-refractivity contribution in [2.45, 2.75) is 59.1 Å². The first-order valence-electron chi connectivity index (χ1n) is 7.50. The third kappa shape index (κ3) is 3.83. The molecule has 0 spiro atoms. The fourth-order valence-electron chi connectivity index (χ4n) is 2.94. The largest absolute Gasteiger partial charge is 0.466 e. The minimum Gasteiger partial charge on any atom is -0.466 e. The summed E-state index contributed by atoms with van der Waals surface area (Å²) in [5.41, 5.74) is 1.17. The minimum atomic E-state index is -4.32. The van der Waals surface area contributed by atoms with Gasteiger partial charge in [0.2, 0.25) is 0 Å². The van der Waals surface area contributed by atoms with Crippen LogP contribution in [0.5, 0.6) is 0 Å². The van der Waals surface area contributed by atoms with E-state index in [1.807, 2.05) is 13.8 Å². The van der Waals surface area contributed by atoms with Crippen molar-refractivity contribution in [2.24, 2.45) is 5.41 Å². The Morgan fingerprint density at radius 3 is 2.59 bits per heavy atom. The van der Waals surface area contributed by atoms with Gasteiger partial charge in [-0.1, -0.05) is 13.8 Å². The Kier molecular flexibility index (Phi) is 4.90. The number of fused-ring (bicyclic) bond motifs is 1. The van der Waals surface area contributed by atoms with Gasteiger partial charge in [0.25, 0.3) is 0 Å². The van der Waals surface area contributed by atoms with E-state index in [1.54, 1.807) is 6.92 Å². The lowest BCUT2D eigenvalue weighted by atomic mass is 9.74. The lowest BCUT2D eigenvalue weighted by Gasteiger charge is -2.31. The highest BCUT2D eigenvalue weighted by atomic mass is 32.1. The van der Waals surface area contributed by atoms with Crippen molar-refractivity contribution < 1.29 is 22.7 Å². The number of ether oxygens (including phenoxy) is 1. The zero-order valence-corrected chi connectivity index (χ0v) is 13.9. The molecule has 124 valence electrons. The molecular weight excluding hydrogens is 313 g/mol. The SMILES string of the molecule is CCOC(=O)CCc1sc(C(F)(F)F)c2c1CCC(C)(C)C2. The Labute approximate surface area is 132 Å². The first kappa shape index (κ1) is 17.3. The number of carbonyl (C=O) groups is 1. The van der Waals surface area contributed by atoms with Crippen LogP contribution in [0.25, 0.3) is 0 Å². The smallest absolute Gasteiger partial charge is 0.425 e. The second-order valence-electron chi connectivity index (χ2n) is 6.46. The average Bonchev–Trinajstić information content (AvgIpc) is 2.73. The third-order valence-electron chi connectivity index (χ3n) is 4.03. The van der Waals surface area contributed by atoms with Crippen molar-refractivity contribution in [2.75, 3.05) is 6.61 Å². The van der Waals surface area contributed by atoms with E-state index in [-0.39, 0.29) is 17.8 Å². The molecule has 1 aromatic rings. The maximum Gasteiger partial charge on any atom is 0.425 e. The van der Waals surface area contributed by atoms with Gasteiger partial charge >= 0.3 is 12.1 Å². The van der Waals surface area contributed by atoms with E-state index in [9.17, 15) is 18.0 Å². The lowest BCUT2D eigenvalue weighted by Crippen LogP contribution is -2.23. The molecule has 1 aliphatic rings. The van der Waals surface area contributed by atoms with E-state index in [4.69, 9.17) is 4.74 Å². The van der Waals surface area contributed by atoms with Crippen molar-refractivity contribution in [1.29, 1.82) is 0 Å². The van der Waals surface area contributed by atoms with Gasteiger partial charge in [0.1, 0.15) is 4.88 Å². The summed E-state index contributed by atoms with van der Waals surface area (Å²) in [5.74, 6) is -0.352. The molecule has 1 heterocycles. The third-order valence-corrected chi connectivity index (χ3v) is 5.41. The van der Waals surface area contributed by atoms with Gasteiger partial charge in [0.05, 0.1) is 13.0 Å². The molecular formula is C16H21F3O2S. The van der Waals surface area contributed by atoms with Crippen LogP contribution in [-0.2, 0) is 35.0 Å². The molecule has 0 aliphatic heterocycles. The van der Waals surface area contributed by atoms with E-state index in [2.05, 4.69) is 0 Å². The van der Waals surface area contributed by atoms with Gasteiger partial charge in [-0.05, 0) is 49.1 Å². The number of thiophene rings is 1. The number of carbonyl (C=O) groups excluding carboxylic acids is 1. The Hall–Kier alpha value is -1.04. The predicted octanol–water partition coefficient (Wildman–Crippen LogP) is 4.78. The predicted molar refractivity (Wildman–Crippen MR) is 80.1 cm³/mol. The fraction of sp³-hybridized carbons (Fsp3) is 0.688. The Balaban J connectivity index is 2.29. The van der Waals surface area contributed by atoms with Crippen LogP contribution in [0, 0.1) is 5.41 Å². The molecule has 0 bridgehead atoms. The topological polar surface area (TPSA) is 26.3 Å². The second kappa shape index (κ2) is 6.22. The summed E-state index contributed by atoms with van der Waals surface area (Å²) in [7, 11) is 0. The lowest BCUT2D eigenvalue weighted by molar-refractivity contribution is -0.143. The Morgan fingerprint density at radius 1 is 1.32 bits per heavy atom. The Morgan fingerprint density at radius 2 is 2.00 bits per heavy atom. The van der Waals surface area contributed by atoms with Crippen molar-refractivity contribution >= 4 is 17.3 Å². The number of halogens is 3. The molecule has 1 aliphatic carbocycles. The molecule has 0 fully saturated rings. The summed E-state index contributed by atoms with van der Waals surface area (Å²) in [4.78, 5) is 11.7. The van der Waals surface area contributed by atoms with E-state index >= 15 is 0 Å². The maximum atomic E-state index is 13.3. The highest BCUT2D eigenvalue weighted by molar-refractivity contribution is 7.12. The van der Waals surface area contributed by atoms with Crippen molar-refractivity contribution in [3.8, 4) is 0 Å². The summed E-state index contributed by atoms with van der Waals surface area (Å²) >= 11 is 0.810. The first-order chi connectivity index (χ1) is 10.1. The quantitative estimate of drug-likeness (QED) is 0.741. The molecule has 22 heavy (non-hydrogen) atoms. The standard InChI is InChI=1S/C16H21F3O2S/c1-4-21-13(20)6-5-12-10-7-8-15(2,3)9-11(10)14(22-12)16(17,18)19/h4-9H2,1-3H3. The van der Waals surface area contributed by atoms with Crippen LogP contribution in [0.3, 0.4) is 0 Å². The summed E-state index contributed by atoms with van der Waals surface area (Å²) in [6.07, 6.45) is -1.85. The molecule has 0 aromatic carbocycles. The molecule has 0 saturated heterocycles. The maximum absolute atomic E-state index is 13.3. The van der Waals surface area contributed by atoms with Gasteiger partial charge in [0, 0.05) is 4.88 Å². The van der Waals surface area contributed by atoms with E-state index in [1.165, 1.54) is 0 Å². The van der Waals surface area contributed by atoms with Crippen LogP contribution >= 0.6 is 11.3 Å². The van der Waals surface area contributed by atoms with Crippen LogP contribution in [0.4, 0.5) is 13.2 Å². The van der Waals surface area contributed by atoms with Gasteiger partial charge in [-0.3, -0.25) is 4.79 Å². The number of hydrogen-bond donors (Lipinski definition) is 0. The molecule has 0 saturated carbocycles. The Bertz CT molecular complexity index is 558. The van der Waals surface area contributed by atoms with Gasteiger partial charge in [0.15, 0.2) is 0 Å². The summed E-state index contributed by atoms with van der Waals surface area (Å²) in [5, 5.41) is 0. The summed E-state index contributed by atoms with van der Waals surface area (Å²) < 4.78 is 44.7. The van der Waals surface area contributed by atoms with Crippen LogP contribution in [0.15, 0.2) is 0 Å². The minimum absolute atomic E-state index is 0.105.